The fourth-order valence-corrected chi connectivity index (χ4v) is 2.72. The van der Waals surface area contributed by atoms with Gasteiger partial charge in [-0.3, -0.25) is 0 Å². The molecule has 0 amide bonds. The highest BCUT2D eigenvalue weighted by atomic mass is 16.5. The normalized spacial score (nSPS) is 11.7. The van der Waals surface area contributed by atoms with Crippen molar-refractivity contribution >= 4 is 5.97 Å². The first-order valence-electron chi connectivity index (χ1n) is 8.94. The molecule has 0 spiro atoms. The number of carbonyl (C=O) groups is 1. The predicted molar refractivity (Wildman–Crippen MR) is 103 cm³/mol. The number of carboxylic acid groups (broad SMARTS) is 1. The predicted octanol–water partition coefficient (Wildman–Crippen LogP) is 4.68. The molecule has 138 valence electrons. The lowest BCUT2D eigenvalue weighted by molar-refractivity contribution is -0.132. The second-order valence-electron chi connectivity index (χ2n) is 6.31. The van der Waals surface area contributed by atoms with Crippen molar-refractivity contribution in [2.24, 2.45) is 0 Å². The lowest BCUT2D eigenvalue weighted by atomic mass is 10.0. The van der Waals surface area contributed by atoms with Crippen molar-refractivity contribution in [2.45, 2.75) is 38.2 Å². The highest BCUT2D eigenvalue weighted by Gasteiger charge is 2.09. The van der Waals surface area contributed by atoms with Gasteiger partial charge in [0, 0.05) is 17.6 Å². The van der Waals surface area contributed by atoms with E-state index >= 15 is 0 Å². The van der Waals surface area contributed by atoms with Crippen LogP contribution in [0.5, 0.6) is 5.75 Å². The van der Waals surface area contributed by atoms with E-state index in [2.05, 4.69) is 6.58 Å². The van der Waals surface area contributed by atoms with Gasteiger partial charge in [-0.25, -0.2) is 4.79 Å². The minimum Gasteiger partial charge on any atom is -0.493 e. The number of aliphatic hydroxyl groups excluding tert-OH is 1. The molecule has 2 aromatic carbocycles. The fourth-order valence-electron chi connectivity index (χ4n) is 2.72. The SMILES string of the molecule is C=C(CCCCC(O)CCOc1ccccc1-c1ccccc1)C(=O)O. The lowest BCUT2D eigenvalue weighted by Crippen LogP contribution is -2.12. The van der Waals surface area contributed by atoms with E-state index in [9.17, 15) is 9.90 Å². The van der Waals surface area contributed by atoms with Crippen molar-refractivity contribution in [1.29, 1.82) is 0 Å². The van der Waals surface area contributed by atoms with Gasteiger partial charge in [0.05, 0.1) is 12.7 Å². The van der Waals surface area contributed by atoms with Gasteiger partial charge < -0.3 is 14.9 Å². The minimum atomic E-state index is -0.948. The summed E-state index contributed by atoms with van der Waals surface area (Å²) >= 11 is 0. The molecular formula is C22H26O4. The summed E-state index contributed by atoms with van der Waals surface area (Å²) in [5.41, 5.74) is 2.36. The van der Waals surface area contributed by atoms with Gasteiger partial charge >= 0.3 is 5.97 Å². The molecule has 0 aliphatic carbocycles. The molecule has 2 rings (SSSR count). The van der Waals surface area contributed by atoms with E-state index in [4.69, 9.17) is 9.84 Å². The largest absolute Gasteiger partial charge is 0.493 e. The number of aliphatic carboxylic acids is 1. The third-order valence-electron chi connectivity index (χ3n) is 4.25. The van der Waals surface area contributed by atoms with Gasteiger partial charge in [0.25, 0.3) is 0 Å². The summed E-state index contributed by atoms with van der Waals surface area (Å²) in [5, 5.41) is 18.8. The second kappa shape index (κ2) is 10.4. The number of aliphatic hydroxyl groups is 1. The quantitative estimate of drug-likeness (QED) is 0.454. The molecule has 4 heteroatoms. The molecule has 0 aromatic heterocycles. The average molecular weight is 354 g/mol. The van der Waals surface area contributed by atoms with Crippen molar-refractivity contribution in [1.82, 2.24) is 0 Å². The highest BCUT2D eigenvalue weighted by molar-refractivity contribution is 5.85. The lowest BCUT2D eigenvalue weighted by Gasteiger charge is -2.14. The molecule has 2 N–H and O–H groups in total. The Kier molecular flexibility index (Phi) is 7.90. The topological polar surface area (TPSA) is 66.8 Å². The number of ether oxygens (including phenoxy) is 1. The molecule has 4 nitrogen and oxygen atoms in total. The van der Waals surface area contributed by atoms with Crippen LogP contribution < -0.4 is 4.74 Å². The molecule has 0 radical (unpaired) electrons. The number of carboxylic acids is 1. The number of benzene rings is 2. The maximum Gasteiger partial charge on any atom is 0.330 e. The van der Waals surface area contributed by atoms with Crippen molar-refractivity contribution in [3.63, 3.8) is 0 Å². The average Bonchev–Trinajstić information content (AvgIpc) is 2.66. The van der Waals surface area contributed by atoms with Crippen LogP contribution in [0.2, 0.25) is 0 Å². The minimum absolute atomic E-state index is 0.223. The first-order valence-corrected chi connectivity index (χ1v) is 8.94. The van der Waals surface area contributed by atoms with Crippen LogP contribution in [-0.4, -0.2) is 28.9 Å². The Morgan fingerprint density at radius 1 is 1.00 bits per heavy atom. The van der Waals surface area contributed by atoms with E-state index in [1.165, 1.54) is 0 Å². The molecule has 0 aliphatic rings. The van der Waals surface area contributed by atoms with Crippen LogP contribution in [0.4, 0.5) is 0 Å². The van der Waals surface area contributed by atoms with Crippen molar-refractivity contribution < 1.29 is 19.7 Å². The van der Waals surface area contributed by atoms with Gasteiger partial charge in [0.15, 0.2) is 0 Å². The zero-order valence-corrected chi connectivity index (χ0v) is 14.9. The maximum atomic E-state index is 10.7. The molecule has 0 bridgehead atoms. The van der Waals surface area contributed by atoms with Gasteiger partial charge in [0.1, 0.15) is 5.75 Å². The van der Waals surface area contributed by atoms with Gasteiger partial charge in [-0.2, -0.15) is 0 Å². The Labute approximate surface area is 154 Å². The standard InChI is InChI=1S/C22H26O4/c1-17(22(24)25)9-5-6-12-19(23)15-16-26-21-14-8-7-13-20(21)18-10-3-2-4-11-18/h2-4,7-8,10-11,13-14,19,23H,1,5-6,9,12,15-16H2,(H,24,25). The summed E-state index contributed by atoms with van der Waals surface area (Å²) in [5.74, 6) is -0.139. The van der Waals surface area contributed by atoms with E-state index in [0.717, 1.165) is 29.7 Å². The first-order chi connectivity index (χ1) is 12.6. The van der Waals surface area contributed by atoms with Crippen LogP contribution in [-0.2, 0) is 4.79 Å². The Hall–Kier alpha value is -2.59. The van der Waals surface area contributed by atoms with Crippen LogP contribution >= 0.6 is 0 Å². The monoisotopic (exact) mass is 354 g/mol. The third kappa shape index (κ3) is 6.37. The first kappa shape index (κ1) is 19.7. The number of para-hydroxylation sites is 1. The molecule has 1 unspecified atom stereocenters. The summed E-state index contributed by atoms with van der Waals surface area (Å²) in [4.78, 5) is 10.7. The summed E-state index contributed by atoms with van der Waals surface area (Å²) in [6.45, 7) is 3.94. The zero-order chi connectivity index (χ0) is 18.8. The molecule has 0 aliphatic heterocycles. The van der Waals surface area contributed by atoms with Crippen LogP contribution in [0.25, 0.3) is 11.1 Å². The van der Waals surface area contributed by atoms with Gasteiger partial charge in [-0.1, -0.05) is 61.5 Å². The highest BCUT2D eigenvalue weighted by Crippen LogP contribution is 2.29. The third-order valence-corrected chi connectivity index (χ3v) is 4.25. The van der Waals surface area contributed by atoms with E-state index in [0.29, 0.717) is 25.9 Å². The Morgan fingerprint density at radius 3 is 2.42 bits per heavy atom. The Morgan fingerprint density at radius 2 is 1.69 bits per heavy atom. The molecule has 0 saturated heterocycles. The van der Waals surface area contributed by atoms with Crippen LogP contribution in [0.15, 0.2) is 66.7 Å². The van der Waals surface area contributed by atoms with Crippen LogP contribution in [0, 0.1) is 0 Å². The molecule has 26 heavy (non-hydrogen) atoms. The number of unbranched alkanes of at least 4 members (excludes halogenated alkanes) is 1. The fraction of sp³-hybridized carbons (Fsp3) is 0.318. The number of rotatable bonds is 11. The van der Waals surface area contributed by atoms with Gasteiger partial charge in [0.2, 0.25) is 0 Å². The van der Waals surface area contributed by atoms with E-state index in [-0.39, 0.29) is 5.57 Å². The van der Waals surface area contributed by atoms with Crippen LogP contribution in [0.3, 0.4) is 0 Å². The van der Waals surface area contributed by atoms with E-state index in [1.807, 2.05) is 54.6 Å². The molecule has 1 atom stereocenters. The Bertz CT molecular complexity index is 709. The molecular weight excluding hydrogens is 328 g/mol. The Balaban J connectivity index is 1.74. The zero-order valence-electron chi connectivity index (χ0n) is 14.9. The van der Waals surface area contributed by atoms with Gasteiger partial charge in [-0.15, -0.1) is 0 Å². The summed E-state index contributed by atoms with van der Waals surface area (Å²) in [6, 6.07) is 17.9. The summed E-state index contributed by atoms with van der Waals surface area (Å²) in [6.07, 6.45) is 2.69. The second-order valence-corrected chi connectivity index (χ2v) is 6.31. The number of hydrogen-bond donors (Lipinski definition) is 2. The van der Waals surface area contributed by atoms with Crippen molar-refractivity contribution in [3.8, 4) is 16.9 Å². The molecule has 0 fully saturated rings. The molecule has 0 saturated carbocycles. The van der Waals surface area contributed by atoms with E-state index in [1.54, 1.807) is 0 Å². The van der Waals surface area contributed by atoms with Crippen molar-refractivity contribution in [3.05, 3.63) is 66.7 Å². The van der Waals surface area contributed by atoms with Crippen LogP contribution in [0.1, 0.15) is 32.1 Å². The smallest absolute Gasteiger partial charge is 0.330 e. The summed E-state index contributed by atoms with van der Waals surface area (Å²) < 4.78 is 5.89. The maximum absolute atomic E-state index is 10.7. The summed E-state index contributed by atoms with van der Waals surface area (Å²) in [7, 11) is 0. The van der Waals surface area contributed by atoms with E-state index < -0.39 is 12.1 Å². The molecule has 0 heterocycles. The number of hydrogen-bond acceptors (Lipinski definition) is 3. The molecule has 2 aromatic rings. The van der Waals surface area contributed by atoms with Gasteiger partial charge in [-0.05, 0) is 30.9 Å². The van der Waals surface area contributed by atoms with Crippen molar-refractivity contribution in [2.75, 3.05) is 6.61 Å².